The van der Waals surface area contributed by atoms with Crippen molar-refractivity contribution in [1.82, 2.24) is 9.80 Å². The van der Waals surface area contributed by atoms with Crippen LogP contribution in [0, 0.1) is 5.82 Å². The van der Waals surface area contributed by atoms with E-state index in [1.165, 1.54) is 30.1 Å². The lowest BCUT2D eigenvalue weighted by atomic mass is 9.94. The zero-order valence-corrected chi connectivity index (χ0v) is 16.6. The van der Waals surface area contributed by atoms with Gasteiger partial charge < -0.3 is 4.42 Å². The number of benzene rings is 1. The van der Waals surface area contributed by atoms with Crippen molar-refractivity contribution in [3.8, 4) is 0 Å². The van der Waals surface area contributed by atoms with Gasteiger partial charge in [-0.05, 0) is 12.1 Å². The van der Waals surface area contributed by atoms with E-state index in [1.54, 1.807) is 10.8 Å². The van der Waals surface area contributed by atoms with E-state index in [1.807, 2.05) is 20.8 Å². The molecular weight excluding hydrogens is 387 g/mol. The van der Waals surface area contributed by atoms with Crippen LogP contribution in [0.25, 0.3) is 0 Å². The van der Waals surface area contributed by atoms with E-state index >= 15 is 0 Å². The van der Waals surface area contributed by atoms with Crippen molar-refractivity contribution in [2.24, 2.45) is 4.99 Å². The molecule has 1 aromatic carbocycles. The maximum atomic E-state index is 14.2. The Balaban J connectivity index is 1.74. The SMILES string of the molecule is CN1C(=O)N(Cc2c(F)cccc2Cl)C(=O)C2C1=Nc1oc(C(C)(C)C)c[n+]12. The molecule has 1 atom stereocenters. The van der Waals surface area contributed by atoms with Crippen LogP contribution < -0.4 is 4.57 Å². The van der Waals surface area contributed by atoms with Crippen molar-refractivity contribution in [3.05, 3.63) is 46.6 Å². The van der Waals surface area contributed by atoms with E-state index < -0.39 is 23.8 Å². The topological polar surface area (TPSA) is 70.0 Å². The molecule has 3 amide bonds. The standard InChI is InChI=1S/C19H19ClFN4O3/c1-19(2,3)13-9-24-14-15(22-17(24)28-13)23(4)18(27)25(16(14)26)8-10-11(20)6-5-7-12(10)21/h5-7,9,14H,8H2,1-4H3/q+1. The van der Waals surface area contributed by atoms with E-state index in [0.29, 0.717) is 5.76 Å². The number of urea groups is 1. The van der Waals surface area contributed by atoms with Crippen LogP contribution in [0.2, 0.25) is 5.02 Å². The number of nitrogens with zero attached hydrogens (tertiary/aromatic N) is 4. The number of oxazole rings is 1. The fourth-order valence-electron chi connectivity index (χ4n) is 3.25. The normalized spacial score (nSPS) is 19.1. The van der Waals surface area contributed by atoms with Crippen molar-refractivity contribution in [2.45, 2.75) is 38.8 Å². The van der Waals surface area contributed by atoms with Gasteiger partial charge in [-0.15, -0.1) is 0 Å². The van der Waals surface area contributed by atoms with Crippen LogP contribution >= 0.6 is 11.6 Å². The summed E-state index contributed by atoms with van der Waals surface area (Å²) in [5, 5.41) is 0.154. The molecule has 3 heterocycles. The van der Waals surface area contributed by atoms with Crippen molar-refractivity contribution in [2.75, 3.05) is 7.05 Å². The van der Waals surface area contributed by atoms with Gasteiger partial charge in [-0.3, -0.25) is 14.6 Å². The first-order valence-electron chi connectivity index (χ1n) is 8.75. The second-order valence-corrected chi connectivity index (χ2v) is 8.28. The molecule has 0 radical (unpaired) electrons. The van der Waals surface area contributed by atoms with E-state index in [4.69, 9.17) is 16.0 Å². The Morgan fingerprint density at radius 2 is 2.04 bits per heavy atom. The van der Waals surface area contributed by atoms with Crippen LogP contribution in [-0.2, 0) is 16.8 Å². The van der Waals surface area contributed by atoms with Crippen LogP contribution in [0.4, 0.5) is 15.2 Å². The fourth-order valence-corrected chi connectivity index (χ4v) is 3.47. The number of aromatic nitrogens is 1. The number of hydrogen-bond acceptors (Lipinski definition) is 4. The Bertz CT molecular complexity index is 1020. The number of carbonyl (C=O) groups excluding carboxylic acids is 2. The van der Waals surface area contributed by atoms with Gasteiger partial charge in [-0.1, -0.05) is 38.4 Å². The fraction of sp³-hybridized carbons (Fsp3) is 0.368. The van der Waals surface area contributed by atoms with Gasteiger partial charge >= 0.3 is 12.0 Å². The predicted octanol–water partition coefficient (Wildman–Crippen LogP) is 3.34. The van der Waals surface area contributed by atoms with Gasteiger partial charge in [0.25, 0.3) is 17.8 Å². The minimum atomic E-state index is -0.844. The summed E-state index contributed by atoms with van der Waals surface area (Å²) in [5.41, 5.74) is -0.183. The zero-order chi connectivity index (χ0) is 20.4. The molecule has 0 bridgehead atoms. The predicted molar refractivity (Wildman–Crippen MR) is 98.9 cm³/mol. The number of likely N-dealkylation sites (N-methyl/N-ethyl adjacent to an activating group) is 1. The molecule has 146 valence electrons. The molecule has 1 saturated heterocycles. The molecule has 4 rings (SSSR count). The molecule has 2 aliphatic rings. The number of aliphatic imine (C=N–C) groups is 1. The van der Waals surface area contributed by atoms with Gasteiger partial charge in [0.15, 0.2) is 5.76 Å². The van der Waals surface area contributed by atoms with E-state index in [2.05, 4.69) is 4.99 Å². The second-order valence-electron chi connectivity index (χ2n) is 7.87. The lowest BCUT2D eigenvalue weighted by Gasteiger charge is -2.32. The Hall–Kier alpha value is -2.74. The third-order valence-corrected chi connectivity index (χ3v) is 5.24. The van der Waals surface area contributed by atoms with Crippen molar-refractivity contribution < 1.29 is 23.0 Å². The number of halogens is 2. The summed E-state index contributed by atoms with van der Waals surface area (Å²) in [6, 6.07) is 3.04. The average molecular weight is 406 g/mol. The number of amidine groups is 1. The first-order chi connectivity index (χ1) is 13.1. The monoisotopic (exact) mass is 405 g/mol. The third kappa shape index (κ3) is 2.71. The summed E-state index contributed by atoms with van der Waals surface area (Å²) >= 11 is 6.08. The van der Waals surface area contributed by atoms with Crippen molar-refractivity contribution >= 4 is 35.4 Å². The second kappa shape index (κ2) is 6.13. The quantitative estimate of drug-likeness (QED) is 0.719. The lowest BCUT2D eigenvalue weighted by Crippen LogP contribution is -2.62. The molecule has 0 aliphatic carbocycles. The number of amides is 3. The molecule has 9 heteroatoms. The zero-order valence-electron chi connectivity index (χ0n) is 15.9. The lowest BCUT2D eigenvalue weighted by molar-refractivity contribution is -0.679. The van der Waals surface area contributed by atoms with Gasteiger partial charge in [0.1, 0.15) is 12.0 Å². The average Bonchev–Trinajstić information content (AvgIpc) is 3.16. The van der Waals surface area contributed by atoms with E-state index in [0.717, 1.165) is 4.90 Å². The molecule has 0 saturated carbocycles. The van der Waals surface area contributed by atoms with Crippen LogP contribution in [0.5, 0.6) is 0 Å². The number of rotatable bonds is 2. The summed E-state index contributed by atoms with van der Waals surface area (Å²) in [4.78, 5) is 32.5. The molecule has 1 fully saturated rings. The largest absolute Gasteiger partial charge is 0.506 e. The summed E-state index contributed by atoms with van der Waals surface area (Å²) < 4.78 is 21.6. The van der Waals surface area contributed by atoms with Crippen LogP contribution in [0.15, 0.2) is 33.8 Å². The van der Waals surface area contributed by atoms with E-state index in [9.17, 15) is 14.0 Å². The number of carbonyl (C=O) groups is 2. The van der Waals surface area contributed by atoms with Gasteiger partial charge in [0.2, 0.25) is 0 Å². The van der Waals surface area contributed by atoms with Crippen LogP contribution in [0.3, 0.4) is 0 Å². The summed E-state index contributed by atoms with van der Waals surface area (Å²) in [5.74, 6) is -0.133. The highest BCUT2D eigenvalue weighted by atomic mass is 35.5. The minimum Gasteiger partial charge on any atom is -0.389 e. The Labute approximate surface area is 166 Å². The van der Waals surface area contributed by atoms with Gasteiger partial charge in [0, 0.05) is 28.0 Å². The van der Waals surface area contributed by atoms with Crippen LogP contribution in [0.1, 0.15) is 38.1 Å². The first-order valence-corrected chi connectivity index (χ1v) is 9.13. The highest BCUT2D eigenvalue weighted by Crippen LogP contribution is 2.33. The van der Waals surface area contributed by atoms with E-state index in [-0.39, 0.29) is 34.4 Å². The van der Waals surface area contributed by atoms with Gasteiger partial charge in [-0.2, -0.15) is 4.57 Å². The maximum Gasteiger partial charge on any atom is 0.506 e. The molecule has 2 aliphatic heterocycles. The highest BCUT2D eigenvalue weighted by molar-refractivity contribution is 6.31. The van der Waals surface area contributed by atoms with Crippen molar-refractivity contribution in [1.29, 1.82) is 0 Å². The summed E-state index contributed by atoms with van der Waals surface area (Å²) in [6.45, 7) is 5.68. The Morgan fingerprint density at radius 3 is 2.68 bits per heavy atom. The maximum absolute atomic E-state index is 14.2. The molecule has 1 aromatic heterocycles. The molecule has 2 aromatic rings. The molecule has 0 N–H and O–H groups in total. The van der Waals surface area contributed by atoms with Gasteiger partial charge in [-0.25, -0.2) is 9.18 Å². The minimum absolute atomic E-state index is 0.0884. The Morgan fingerprint density at radius 1 is 1.32 bits per heavy atom. The number of fused-ring (bicyclic) bond motifs is 3. The number of hydrogen-bond donors (Lipinski definition) is 0. The van der Waals surface area contributed by atoms with Crippen LogP contribution in [-0.4, -0.2) is 34.6 Å². The molecular formula is C19H19ClFN4O3+. The highest BCUT2D eigenvalue weighted by Gasteiger charge is 2.55. The summed E-state index contributed by atoms with van der Waals surface area (Å²) in [7, 11) is 1.52. The molecule has 28 heavy (non-hydrogen) atoms. The molecule has 0 spiro atoms. The molecule has 1 unspecified atom stereocenters. The Kier molecular flexibility index (Phi) is 4.08. The molecule has 7 nitrogen and oxygen atoms in total. The third-order valence-electron chi connectivity index (χ3n) is 4.89. The number of imide groups is 1. The smallest absolute Gasteiger partial charge is 0.389 e. The van der Waals surface area contributed by atoms with Gasteiger partial charge in [0.05, 0.1) is 6.54 Å². The first kappa shape index (κ1) is 18.6. The van der Waals surface area contributed by atoms with Crippen molar-refractivity contribution in [3.63, 3.8) is 0 Å². The summed E-state index contributed by atoms with van der Waals surface area (Å²) in [6.07, 6.45) is 1.73.